The number of thiazole rings is 1. The van der Waals surface area contributed by atoms with E-state index in [9.17, 15) is 4.79 Å². The first-order valence-electron chi connectivity index (χ1n) is 8.24. The van der Waals surface area contributed by atoms with E-state index in [0.717, 1.165) is 30.0 Å². The Hall–Kier alpha value is -2.08. The Kier molecular flexibility index (Phi) is 3.72. The van der Waals surface area contributed by atoms with Crippen molar-refractivity contribution in [3.05, 3.63) is 40.3 Å². The van der Waals surface area contributed by atoms with Gasteiger partial charge in [-0.25, -0.2) is 4.98 Å². The maximum atomic E-state index is 12.9. The fourth-order valence-corrected chi connectivity index (χ4v) is 4.22. The summed E-state index contributed by atoms with van der Waals surface area (Å²) in [5, 5.41) is 6.21. The van der Waals surface area contributed by atoms with Crippen LogP contribution in [0.4, 0.5) is 0 Å². The van der Waals surface area contributed by atoms with Crippen LogP contribution in [0.2, 0.25) is 0 Å². The number of nitrogens with one attached hydrogen (secondary N) is 1. The molecule has 4 rings (SSSR count). The molecule has 0 spiro atoms. The van der Waals surface area contributed by atoms with Gasteiger partial charge in [0.1, 0.15) is 11.1 Å². The number of amides is 1. The average molecular weight is 344 g/mol. The van der Waals surface area contributed by atoms with Crippen LogP contribution in [0, 0.1) is 6.92 Å². The van der Waals surface area contributed by atoms with Crippen LogP contribution in [-0.4, -0.2) is 23.1 Å². The number of fused-ring (bicyclic) bond motifs is 1. The minimum Gasteiger partial charge on any atom is -0.482 e. The molecule has 2 aliphatic rings. The van der Waals surface area contributed by atoms with Crippen molar-refractivity contribution in [1.29, 1.82) is 0 Å². The molecule has 0 radical (unpaired) electrons. The SMILES string of the molecule is Cc1csc(C2(NC(=O)[C@@H]3Oc4ccccc4O[C@H]3C)CCC2)n1. The quantitative estimate of drug-likeness (QED) is 0.929. The van der Waals surface area contributed by atoms with Gasteiger partial charge >= 0.3 is 0 Å². The molecule has 5 nitrogen and oxygen atoms in total. The van der Waals surface area contributed by atoms with Gasteiger partial charge in [-0.3, -0.25) is 4.79 Å². The normalized spacial score (nSPS) is 24.1. The molecule has 2 heterocycles. The van der Waals surface area contributed by atoms with Crippen LogP contribution in [0.5, 0.6) is 11.5 Å². The Bertz CT molecular complexity index is 769. The lowest BCUT2D eigenvalue weighted by atomic mass is 9.77. The number of hydrogen-bond acceptors (Lipinski definition) is 5. The van der Waals surface area contributed by atoms with Gasteiger partial charge in [-0.1, -0.05) is 12.1 Å². The molecule has 1 aliphatic carbocycles. The second-order valence-electron chi connectivity index (χ2n) is 6.53. The van der Waals surface area contributed by atoms with Gasteiger partial charge in [0.15, 0.2) is 11.5 Å². The predicted octanol–water partition coefficient (Wildman–Crippen LogP) is 3.18. The number of hydrogen-bond donors (Lipinski definition) is 1. The molecule has 1 aromatic heterocycles. The fraction of sp³-hybridized carbons (Fsp3) is 0.444. The van der Waals surface area contributed by atoms with E-state index in [4.69, 9.17) is 9.47 Å². The number of ether oxygens (including phenoxy) is 2. The van der Waals surface area contributed by atoms with Crippen LogP contribution < -0.4 is 14.8 Å². The monoisotopic (exact) mass is 344 g/mol. The topological polar surface area (TPSA) is 60.5 Å². The standard InChI is InChI=1S/C18H20N2O3S/c1-11-10-24-17(19-11)18(8-5-9-18)20-16(21)15-12(2)22-13-6-3-4-7-14(13)23-15/h3-4,6-7,10,12,15H,5,8-9H2,1-2H3,(H,20,21)/t12-,15+/m0/s1. The van der Waals surface area contributed by atoms with Crippen LogP contribution in [0.15, 0.2) is 29.6 Å². The summed E-state index contributed by atoms with van der Waals surface area (Å²) in [6, 6.07) is 7.44. The third kappa shape index (κ3) is 2.55. The molecule has 1 saturated carbocycles. The van der Waals surface area contributed by atoms with Crippen LogP contribution in [-0.2, 0) is 10.3 Å². The van der Waals surface area contributed by atoms with Gasteiger partial charge in [0.25, 0.3) is 5.91 Å². The number of para-hydroxylation sites is 2. The van der Waals surface area contributed by atoms with Crippen molar-refractivity contribution in [3.8, 4) is 11.5 Å². The van der Waals surface area contributed by atoms with Gasteiger partial charge in [-0.05, 0) is 45.2 Å². The third-order valence-electron chi connectivity index (χ3n) is 4.70. The van der Waals surface area contributed by atoms with Crippen molar-refractivity contribution < 1.29 is 14.3 Å². The molecule has 1 N–H and O–H groups in total. The average Bonchev–Trinajstić information content (AvgIpc) is 2.96. The molecule has 1 aliphatic heterocycles. The fourth-order valence-electron chi connectivity index (χ4n) is 3.21. The lowest BCUT2D eigenvalue weighted by Gasteiger charge is -2.42. The van der Waals surface area contributed by atoms with Gasteiger partial charge in [0.2, 0.25) is 6.10 Å². The van der Waals surface area contributed by atoms with Crippen molar-refractivity contribution in [2.24, 2.45) is 0 Å². The number of aromatic nitrogens is 1. The third-order valence-corrected chi connectivity index (χ3v) is 5.86. The van der Waals surface area contributed by atoms with Crippen molar-refractivity contribution in [2.45, 2.75) is 50.9 Å². The molecule has 1 aromatic carbocycles. The maximum Gasteiger partial charge on any atom is 0.265 e. The first-order chi connectivity index (χ1) is 11.6. The second-order valence-corrected chi connectivity index (χ2v) is 7.39. The summed E-state index contributed by atoms with van der Waals surface area (Å²) in [6.45, 7) is 3.84. The molecule has 1 amide bonds. The predicted molar refractivity (Wildman–Crippen MR) is 91.5 cm³/mol. The van der Waals surface area contributed by atoms with Crippen molar-refractivity contribution in [1.82, 2.24) is 10.3 Å². The Morgan fingerprint density at radius 2 is 2.00 bits per heavy atom. The molecule has 0 bridgehead atoms. The largest absolute Gasteiger partial charge is 0.482 e. The zero-order valence-electron chi connectivity index (χ0n) is 13.7. The summed E-state index contributed by atoms with van der Waals surface area (Å²) in [6.07, 6.45) is 1.95. The molecular weight excluding hydrogens is 324 g/mol. The zero-order chi connectivity index (χ0) is 16.7. The van der Waals surface area contributed by atoms with Crippen molar-refractivity contribution in [2.75, 3.05) is 0 Å². The molecule has 24 heavy (non-hydrogen) atoms. The van der Waals surface area contributed by atoms with E-state index in [1.165, 1.54) is 0 Å². The van der Waals surface area contributed by atoms with Crippen LogP contribution in [0.1, 0.15) is 36.9 Å². The highest BCUT2D eigenvalue weighted by Gasteiger charge is 2.45. The summed E-state index contributed by atoms with van der Waals surface area (Å²) in [7, 11) is 0. The van der Waals surface area contributed by atoms with E-state index < -0.39 is 6.10 Å². The molecular formula is C18H20N2O3S. The first-order valence-corrected chi connectivity index (χ1v) is 9.12. The lowest BCUT2D eigenvalue weighted by Crippen LogP contribution is -2.57. The number of rotatable bonds is 3. The van der Waals surface area contributed by atoms with Gasteiger partial charge in [-0.15, -0.1) is 11.3 Å². The second kappa shape index (κ2) is 5.77. The Morgan fingerprint density at radius 1 is 1.29 bits per heavy atom. The zero-order valence-corrected chi connectivity index (χ0v) is 14.6. The number of benzene rings is 1. The van der Waals surface area contributed by atoms with Gasteiger partial charge < -0.3 is 14.8 Å². The van der Waals surface area contributed by atoms with Crippen LogP contribution in [0.25, 0.3) is 0 Å². The number of carbonyl (C=O) groups excluding carboxylic acids is 1. The molecule has 6 heteroatoms. The minimum absolute atomic E-state index is 0.135. The van der Waals surface area contributed by atoms with E-state index in [2.05, 4.69) is 10.3 Å². The molecule has 126 valence electrons. The van der Waals surface area contributed by atoms with Crippen molar-refractivity contribution >= 4 is 17.2 Å². The summed E-state index contributed by atoms with van der Waals surface area (Å²) in [4.78, 5) is 17.5. The van der Waals surface area contributed by atoms with E-state index in [1.807, 2.05) is 43.5 Å². The molecule has 0 unspecified atom stereocenters. The summed E-state index contributed by atoms with van der Waals surface area (Å²) >= 11 is 1.61. The molecule has 0 saturated heterocycles. The van der Waals surface area contributed by atoms with E-state index in [1.54, 1.807) is 11.3 Å². The van der Waals surface area contributed by atoms with E-state index in [0.29, 0.717) is 11.5 Å². The minimum atomic E-state index is -0.654. The lowest BCUT2D eigenvalue weighted by molar-refractivity contribution is -0.136. The van der Waals surface area contributed by atoms with Gasteiger partial charge in [0, 0.05) is 11.1 Å². The molecule has 2 aromatic rings. The summed E-state index contributed by atoms with van der Waals surface area (Å²) in [5.41, 5.74) is 0.658. The summed E-state index contributed by atoms with van der Waals surface area (Å²) < 4.78 is 11.8. The Balaban J connectivity index is 1.54. The molecule has 2 atom stereocenters. The summed E-state index contributed by atoms with van der Waals surface area (Å²) in [5.74, 6) is 1.16. The van der Waals surface area contributed by atoms with Gasteiger partial charge in [0.05, 0.1) is 5.54 Å². The highest BCUT2D eigenvalue weighted by molar-refractivity contribution is 7.09. The van der Waals surface area contributed by atoms with Crippen molar-refractivity contribution in [3.63, 3.8) is 0 Å². The number of aryl methyl sites for hydroxylation is 1. The van der Waals surface area contributed by atoms with E-state index in [-0.39, 0.29) is 17.6 Å². The maximum absolute atomic E-state index is 12.9. The highest BCUT2D eigenvalue weighted by Crippen LogP contribution is 2.43. The Morgan fingerprint density at radius 3 is 2.58 bits per heavy atom. The first kappa shape index (κ1) is 15.4. The smallest absolute Gasteiger partial charge is 0.265 e. The van der Waals surface area contributed by atoms with Crippen LogP contribution >= 0.6 is 11.3 Å². The number of nitrogens with zero attached hydrogens (tertiary/aromatic N) is 1. The van der Waals surface area contributed by atoms with Gasteiger partial charge in [-0.2, -0.15) is 0 Å². The Labute approximate surface area is 145 Å². The van der Waals surface area contributed by atoms with Crippen LogP contribution in [0.3, 0.4) is 0 Å². The molecule has 1 fully saturated rings. The number of carbonyl (C=O) groups is 1. The highest BCUT2D eigenvalue weighted by atomic mass is 32.1. The van der Waals surface area contributed by atoms with E-state index >= 15 is 0 Å².